The maximum Gasteiger partial charge on any atom is 0.150 e. The summed E-state index contributed by atoms with van der Waals surface area (Å²) in [5, 5.41) is 3.72. The highest BCUT2D eigenvalue weighted by molar-refractivity contribution is 6.42. The molecule has 1 N–H and O–H groups in total. The van der Waals surface area contributed by atoms with Crippen molar-refractivity contribution >= 4 is 28.9 Å². The standard InChI is InChI=1S/C13H10Cl2FNO/c1-17-12-6-8(16)2-5-13(12)18-9-3-4-10(14)11(15)7-9/h2-7,17H,1H3. The Labute approximate surface area is 114 Å². The fourth-order valence-corrected chi connectivity index (χ4v) is 1.74. The highest BCUT2D eigenvalue weighted by Crippen LogP contribution is 2.33. The van der Waals surface area contributed by atoms with Crippen molar-refractivity contribution in [2.24, 2.45) is 0 Å². The van der Waals surface area contributed by atoms with Crippen molar-refractivity contribution in [1.82, 2.24) is 0 Å². The summed E-state index contributed by atoms with van der Waals surface area (Å²) < 4.78 is 18.7. The molecule has 0 unspecified atom stereocenters. The van der Waals surface area contributed by atoms with Gasteiger partial charge in [0.25, 0.3) is 0 Å². The second-order valence-electron chi connectivity index (χ2n) is 3.57. The Kier molecular flexibility index (Phi) is 3.94. The Balaban J connectivity index is 2.30. The van der Waals surface area contributed by atoms with Crippen LogP contribution in [0.5, 0.6) is 11.5 Å². The lowest BCUT2D eigenvalue weighted by Gasteiger charge is -2.11. The zero-order valence-electron chi connectivity index (χ0n) is 9.51. The van der Waals surface area contributed by atoms with Crippen molar-refractivity contribution in [3.63, 3.8) is 0 Å². The van der Waals surface area contributed by atoms with Gasteiger partial charge in [0.1, 0.15) is 11.6 Å². The molecular formula is C13H10Cl2FNO. The maximum absolute atomic E-state index is 13.1. The van der Waals surface area contributed by atoms with E-state index in [9.17, 15) is 4.39 Å². The topological polar surface area (TPSA) is 21.3 Å². The highest BCUT2D eigenvalue weighted by Gasteiger charge is 2.06. The number of ether oxygens (including phenoxy) is 1. The van der Waals surface area contributed by atoms with E-state index in [0.717, 1.165) is 0 Å². The molecule has 0 bridgehead atoms. The van der Waals surface area contributed by atoms with E-state index in [2.05, 4.69) is 5.32 Å². The molecule has 0 spiro atoms. The summed E-state index contributed by atoms with van der Waals surface area (Å²) >= 11 is 11.7. The van der Waals surface area contributed by atoms with Gasteiger partial charge in [-0.1, -0.05) is 23.2 Å². The molecular weight excluding hydrogens is 276 g/mol. The predicted molar refractivity (Wildman–Crippen MR) is 72.5 cm³/mol. The molecule has 0 saturated heterocycles. The van der Waals surface area contributed by atoms with E-state index < -0.39 is 0 Å². The van der Waals surface area contributed by atoms with Gasteiger partial charge in [0, 0.05) is 19.2 Å². The van der Waals surface area contributed by atoms with Gasteiger partial charge in [0.2, 0.25) is 0 Å². The average Bonchev–Trinajstić information content (AvgIpc) is 2.36. The van der Waals surface area contributed by atoms with Gasteiger partial charge in [0.05, 0.1) is 15.7 Å². The summed E-state index contributed by atoms with van der Waals surface area (Å²) in [4.78, 5) is 0. The average molecular weight is 286 g/mol. The molecule has 0 atom stereocenters. The van der Waals surface area contributed by atoms with Gasteiger partial charge in [-0.15, -0.1) is 0 Å². The van der Waals surface area contributed by atoms with Crippen LogP contribution in [0.2, 0.25) is 10.0 Å². The first-order chi connectivity index (χ1) is 8.60. The predicted octanol–water partition coefficient (Wildman–Crippen LogP) is 4.97. The summed E-state index contributed by atoms with van der Waals surface area (Å²) in [5.74, 6) is 0.714. The first-order valence-electron chi connectivity index (χ1n) is 5.20. The fourth-order valence-electron chi connectivity index (χ4n) is 1.45. The minimum absolute atomic E-state index is 0.333. The monoisotopic (exact) mass is 285 g/mol. The highest BCUT2D eigenvalue weighted by atomic mass is 35.5. The molecule has 0 amide bonds. The number of hydrogen-bond donors (Lipinski definition) is 1. The van der Waals surface area contributed by atoms with Crippen molar-refractivity contribution in [2.75, 3.05) is 12.4 Å². The Hall–Kier alpha value is -1.45. The van der Waals surface area contributed by atoms with Gasteiger partial charge in [-0.05, 0) is 24.3 Å². The molecule has 0 saturated carbocycles. The minimum Gasteiger partial charge on any atom is -0.455 e. The number of hydrogen-bond acceptors (Lipinski definition) is 2. The maximum atomic E-state index is 13.1. The number of halogens is 3. The molecule has 94 valence electrons. The normalized spacial score (nSPS) is 10.2. The van der Waals surface area contributed by atoms with Crippen LogP contribution in [0.25, 0.3) is 0 Å². The van der Waals surface area contributed by atoms with Crippen molar-refractivity contribution in [3.8, 4) is 11.5 Å². The van der Waals surface area contributed by atoms with Gasteiger partial charge >= 0.3 is 0 Å². The summed E-state index contributed by atoms with van der Waals surface area (Å²) in [5.41, 5.74) is 0.557. The largest absolute Gasteiger partial charge is 0.455 e. The van der Waals surface area contributed by atoms with E-state index in [1.54, 1.807) is 31.3 Å². The van der Waals surface area contributed by atoms with Crippen LogP contribution in [0, 0.1) is 5.82 Å². The number of nitrogens with one attached hydrogen (secondary N) is 1. The van der Waals surface area contributed by atoms with Crippen LogP contribution in [0.1, 0.15) is 0 Å². The Morgan fingerprint density at radius 3 is 2.50 bits per heavy atom. The van der Waals surface area contributed by atoms with E-state index >= 15 is 0 Å². The molecule has 0 aliphatic rings. The van der Waals surface area contributed by atoms with Gasteiger partial charge in [-0.2, -0.15) is 0 Å². The van der Waals surface area contributed by atoms with Crippen LogP contribution >= 0.6 is 23.2 Å². The van der Waals surface area contributed by atoms with Crippen molar-refractivity contribution < 1.29 is 9.13 Å². The third-order valence-electron chi connectivity index (χ3n) is 2.33. The Morgan fingerprint density at radius 2 is 1.83 bits per heavy atom. The first kappa shape index (κ1) is 13.0. The second-order valence-corrected chi connectivity index (χ2v) is 4.38. The minimum atomic E-state index is -0.333. The SMILES string of the molecule is CNc1cc(F)ccc1Oc1ccc(Cl)c(Cl)c1. The molecule has 2 nitrogen and oxygen atoms in total. The molecule has 0 aromatic heterocycles. The lowest BCUT2D eigenvalue weighted by molar-refractivity contribution is 0.483. The van der Waals surface area contributed by atoms with Crippen LogP contribution in [0.3, 0.4) is 0 Å². The lowest BCUT2D eigenvalue weighted by Crippen LogP contribution is -1.94. The first-order valence-corrected chi connectivity index (χ1v) is 5.96. The zero-order chi connectivity index (χ0) is 13.1. The summed E-state index contributed by atoms with van der Waals surface area (Å²) in [7, 11) is 1.69. The Morgan fingerprint density at radius 1 is 1.06 bits per heavy atom. The quantitative estimate of drug-likeness (QED) is 0.860. The molecule has 5 heteroatoms. The molecule has 2 rings (SSSR count). The number of benzene rings is 2. The van der Waals surface area contributed by atoms with Crippen LogP contribution < -0.4 is 10.1 Å². The molecule has 0 radical (unpaired) electrons. The molecule has 2 aromatic carbocycles. The van der Waals surface area contributed by atoms with Crippen molar-refractivity contribution in [3.05, 3.63) is 52.3 Å². The van der Waals surface area contributed by atoms with Gasteiger partial charge in [0.15, 0.2) is 5.75 Å². The molecule has 18 heavy (non-hydrogen) atoms. The molecule has 0 aliphatic heterocycles. The molecule has 0 fully saturated rings. The third kappa shape index (κ3) is 2.86. The van der Waals surface area contributed by atoms with Crippen LogP contribution in [-0.4, -0.2) is 7.05 Å². The number of rotatable bonds is 3. The van der Waals surface area contributed by atoms with Crippen LogP contribution in [0.15, 0.2) is 36.4 Å². The van der Waals surface area contributed by atoms with Crippen molar-refractivity contribution in [2.45, 2.75) is 0 Å². The summed E-state index contributed by atoms with van der Waals surface area (Å²) in [6, 6.07) is 9.16. The van der Waals surface area contributed by atoms with E-state index in [4.69, 9.17) is 27.9 Å². The molecule has 0 aliphatic carbocycles. The van der Waals surface area contributed by atoms with Gasteiger partial charge in [-0.3, -0.25) is 0 Å². The van der Waals surface area contributed by atoms with E-state index in [1.165, 1.54) is 12.1 Å². The summed E-state index contributed by atoms with van der Waals surface area (Å²) in [6.07, 6.45) is 0. The van der Waals surface area contributed by atoms with Gasteiger partial charge < -0.3 is 10.1 Å². The lowest BCUT2D eigenvalue weighted by atomic mass is 10.2. The summed E-state index contributed by atoms with van der Waals surface area (Å²) in [6.45, 7) is 0. The molecule has 0 heterocycles. The second kappa shape index (κ2) is 5.46. The zero-order valence-corrected chi connectivity index (χ0v) is 11.0. The smallest absolute Gasteiger partial charge is 0.150 e. The number of anilines is 1. The van der Waals surface area contributed by atoms with Gasteiger partial charge in [-0.25, -0.2) is 4.39 Å². The van der Waals surface area contributed by atoms with E-state index in [0.29, 0.717) is 27.2 Å². The van der Waals surface area contributed by atoms with Crippen LogP contribution in [-0.2, 0) is 0 Å². The van der Waals surface area contributed by atoms with Crippen molar-refractivity contribution in [1.29, 1.82) is 0 Å². The Bertz CT molecular complexity index is 575. The van der Waals surface area contributed by atoms with E-state index in [1.807, 2.05) is 0 Å². The molecule has 2 aromatic rings. The fraction of sp³-hybridized carbons (Fsp3) is 0.0769. The third-order valence-corrected chi connectivity index (χ3v) is 3.07. The van der Waals surface area contributed by atoms with Crippen LogP contribution in [0.4, 0.5) is 10.1 Å². The van der Waals surface area contributed by atoms with E-state index in [-0.39, 0.29) is 5.82 Å².